The summed E-state index contributed by atoms with van der Waals surface area (Å²) in [5.41, 5.74) is 10.2. The van der Waals surface area contributed by atoms with E-state index in [1.54, 1.807) is 11.3 Å². The third-order valence-corrected chi connectivity index (χ3v) is 5.57. The maximum atomic E-state index is 11.4. The van der Waals surface area contributed by atoms with E-state index in [0.717, 1.165) is 49.0 Å². The summed E-state index contributed by atoms with van der Waals surface area (Å²) in [4.78, 5) is 17.5. The standard InChI is InChI=1S/C18H24N4OS/c1-12-5-6-15(8-13(12)2)20-18-21-16(11-24-18)10-22-7-3-4-14(9-22)17(19)23/h5-6,8,11,14H,3-4,7,9-10H2,1-2H3,(H2,19,23)(H,20,21)/p+1/t14-/m1/s1. The number of carbonyl (C=O) groups excluding carboxylic acids is 1. The van der Waals surface area contributed by atoms with E-state index < -0.39 is 0 Å². The molecule has 0 saturated carbocycles. The van der Waals surface area contributed by atoms with E-state index in [0.29, 0.717) is 0 Å². The maximum absolute atomic E-state index is 11.4. The van der Waals surface area contributed by atoms with Crippen molar-refractivity contribution >= 4 is 28.1 Å². The molecule has 1 aromatic heterocycles. The first-order chi connectivity index (χ1) is 11.5. The number of thiazole rings is 1. The lowest BCUT2D eigenvalue weighted by molar-refractivity contribution is -0.921. The number of benzene rings is 1. The summed E-state index contributed by atoms with van der Waals surface area (Å²) in [6, 6.07) is 6.34. The Morgan fingerprint density at radius 1 is 1.42 bits per heavy atom. The Balaban J connectivity index is 1.61. The second kappa shape index (κ2) is 7.32. The van der Waals surface area contributed by atoms with Gasteiger partial charge in [0.2, 0.25) is 5.91 Å². The summed E-state index contributed by atoms with van der Waals surface area (Å²) in [6.07, 6.45) is 1.98. The molecule has 1 unspecified atom stereocenters. The number of nitrogens with zero attached hydrogens (tertiary/aromatic N) is 1. The topological polar surface area (TPSA) is 72.5 Å². The molecule has 1 aromatic carbocycles. The number of amides is 1. The van der Waals surface area contributed by atoms with Crippen LogP contribution in [0.25, 0.3) is 0 Å². The summed E-state index contributed by atoms with van der Waals surface area (Å²) in [5, 5.41) is 6.40. The molecule has 1 amide bonds. The lowest BCUT2D eigenvalue weighted by Crippen LogP contribution is -3.12. The monoisotopic (exact) mass is 345 g/mol. The van der Waals surface area contributed by atoms with Crippen molar-refractivity contribution in [3.8, 4) is 0 Å². The van der Waals surface area contributed by atoms with Crippen molar-refractivity contribution in [3.63, 3.8) is 0 Å². The molecule has 1 fully saturated rings. The van der Waals surface area contributed by atoms with Crippen molar-refractivity contribution in [2.24, 2.45) is 11.7 Å². The quantitative estimate of drug-likeness (QED) is 0.773. The van der Waals surface area contributed by atoms with Crippen LogP contribution in [-0.2, 0) is 11.3 Å². The number of nitrogens with one attached hydrogen (secondary N) is 2. The number of nitrogens with two attached hydrogens (primary N) is 1. The van der Waals surface area contributed by atoms with E-state index in [-0.39, 0.29) is 11.8 Å². The van der Waals surface area contributed by atoms with E-state index in [4.69, 9.17) is 10.7 Å². The molecule has 0 spiro atoms. The van der Waals surface area contributed by atoms with Gasteiger partial charge < -0.3 is 16.0 Å². The average molecular weight is 345 g/mol. The smallest absolute Gasteiger partial charge is 0.226 e. The van der Waals surface area contributed by atoms with Gasteiger partial charge in [-0.05, 0) is 49.9 Å². The zero-order valence-electron chi connectivity index (χ0n) is 14.3. The predicted octanol–water partition coefficient (Wildman–Crippen LogP) is 1.78. The van der Waals surface area contributed by atoms with Gasteiger partial charge >= 0.3 is 0 Å². The fourth-order valence-electron chi connectivity index (χ4n) is 3.20. The summed E-state index contributed by atoms with van der Waals surface area (Å²) in [6.45, 7) is 6.99. The molecule has 2 heterocycles. The Morgan fingerprint density at radius 3 is 3.00 bits per heavy atom. The molecule has 4 N–H and O–H groups in total. The van der Waals surface area contributed by atoms with E-state index in [1.165, 1.54) is 16.0 Å². The van der Waals surface area contributed by atoms with Crippen LogP contribution in [0.2, 0.25) is 0 Å². The molecular formula is C18H25N4OS+. The van der Waals surface area contributed by atoms with Gasteiger partial charge in [0.05, 0.1) is 19.0 Å². The van der Waals surface area contributed by atoms with Gasteiger partial charge in [-0.15, -0.1) is 11.3 Å². The second-order valence-electron chi connectivity index (χ2n) is 6.69. The molecule has 5 nitrogen and oxygen atoms in total. The first-order valence-corrected chi connectivity index (χ1v) is 9.31. The maximum Gasteiger partial charge on any atom is 0.226 e. The number of hydrogen-bond acceptors (Lipinski definition) is 4. The van der Waals surface area contributed by atoms with Crippen LogP contribution >= 0.6 is 11.3 Å². The molecular weight excluding hydrogens is 320 g/mol. The minimum absolute atomic E-state index is 0.0144. The SMILES string of the molecule is Cc1ccc(Nc2nc(C[NH+]3CCC[C@@H](C(N)=O)C3)cs2)cc1C. The molecule has 3 rings (SSSR count). The molecule has 2 aromatic rings. The van der Waals surface area contributed by atoms with Crippen LogP contribution in [0, 0.1) is 19.8 Å². The van der Waals surface area contributed by atoms with Crippen LogP contribution in [0.4, 0.5) is 10.8 Å². The first kappa shape index (κ1) is 16.9. The average Bonchev–Trinajstić information content (AvgIpc) is 2.98. The van der Waals surface area contributed by atoms with Gasteiger partial charge in [-0.1, -0.05) is 6.07 Å². The van der Waals surface area contributed by atoms with E-state index >= 15 is 0 Å². The van der Waals surface area contributed by atoms with Crippen molar-refractivity contribution in [2.45, 2.75) is 33.2 Å². The number of primary amides is 1. The fraction of sp³-hybridized carbons (Fsp3) is 0.444. The highest BCUT2D eigenvalue weighted by molar-refractivity contribution is 7.13. The Kier molecular flexibility index (Phi) is 5.16. The normalized spacial score (nSPS) is 20.8. The number of aryl methyl sites for hydroxylation is 2. The lowest BCUT2D eigenvalue weighted by atomic mass is 9.97. The molecule has 24 heavy (non-hydrogen) atoms. The Bertz CT molecular complexity index is 728. The van der Waals surface area contributed by atoms with Crippen molar-refractivity contribution in [2.75, 3.05) is 18.4 Å². The molecule has 1 saturated heterocycles. The van der Waals surface area contributed by atoms with E-state index in [9.17, 15) is 4.79 Å². The van der Waals surface area contributed by atoms with Crippen molar-refractivity contribution in [1.82, 2.24) is 4.98 Å². The number of likely N-dealkylation sites (tertiary alicyclic amines) is 1. The van der Waals surface area contributed by atoms with Crippen LogP contribution < -0.4 is 16.0 Å². The van der Waals surface area contributed by atoms with Gasteiger partial charge in [-0.3, -0.25) is 4.79 Å². The van der Waals surface area contributed by atoms with Crippen LogP contribution in [0.15, 0.2) is 23.6 Å². The largest absolute Gasteiger partial charge is 0.369 e. The van der Waals surface area contributed by atoms with Gasteiger partial charge in [-0.25, -0.2) is 4.98 Å². The van der Waals surface area contributed by atoms with Crippen molar-refractivity contribution in [3.05, 3.63) is 40.4 Å². The van der Waals surface area contributed by atoms with Gasteiger partial charge in [-0.2, -0.15) is 0 Å². The zero-order chi connectivity index (χ0) is 17.1. The van der Waals surface area contributed by atoms with E-state index in [1.807, 2.05) is 0 Å². The number of piperidine rings is 1. The third-order valence-electron chi connectivity index (χ3n) is 4.76. The summed E-state index contributed by atoms with van der Waals surface area (Å²) >= 11 is 1.62. The highest BCUT2D eigenvalue weighted by Crippen LogP contribution is 2.22. The number of anilines is 2. The fourth-order valence-corrected chi connectivity index (χ4v) is 3.93. The number of quaternary nitrogens is 1. The van der Waals surface area contributed by atoms with E-state index in [2.05, 4.69) is 42.7 Å². The molecule has 0 aliphatic carbocycles. The number of hydrogen-bond donors (Lipinski definition) is 3. The van der Waals surface area contributed by atoms with Crippen molar-refractivity contribution in [1.29, 1.82) is 0 Å². The summed E-state index contributed by atoms with van der Waals surface area (Å²) in [5.74, 6) is -0.150. The minimum Gasteiger partial charge on any atom is -0.369 e. The molecule has 2 atom stereocenters. The molecule has 128 valence electrons. The number of rotatable bonds is 5. The third kappa shape index (κ3) is 4.13. The van der Waals surface area contributed by atoms with Crippen LogP contribution in [0.3, 0.4) is 0 Å². The molecule has 0 radical (unpaired) electrons. The minimum atomic E-state index is -0.164. The Morgan fingerprint density at radius 2 is 2.25 bits per heavy atom. The molecule has 1 aliphatic rings. The highest BCUT2D eigenvalue weighted by atomic mass is 32.1. The Hall–Kier alpha value is -1.92. The summed E-state index contributed by atoms with van der Waals surface area (Å²) < 4.78 is 0. The second-order valence-corrected chi connectivity index (χ2v) is 7.55. The van der Waals surface area contributed by atoms with Crippen molar-refractivity contribution < 1.29 is 9.69 Å². The lowest BCUT2D eigenvalue weighted by Gasteiger charge is -2.27. The Labute approximate surface area is 146 Å². The first-order valence-electron chi connectivity index (χ1n) is 8.43. The molecule has 1 aliphatic heterocycles. The van der Waals surface area contributed by atoms with Crippen LogP contribution in [0.1, 0.15) is 29.7 Å². The van der Waals surface area contributed by atoms with Crippen LogP contribution in [-0.4, -0.2) is 24.0 Å². The highest BCUT2D eigenvalue weighted by Gasteiger charge is 2.27. The number of carbonyl (C=O) groups is 1. The van der Waals surface area contributed by atoms with Crippen LogP contribution in [0.5, 0.6) is 0 Å². The molecule has 0 bridgehead atoms. The number of aromatic nitrogens is 1. The predicted molar refractivity (Wildman–Crippen MR) is 97.6 cm³/mol. The van der Waals surface area contributed by atoms with Gasteiger partial charge in [0, 0.05) is 11.1 Å². The van der Waals surface area contributed by atoms with Gasteiger partial charge in [0.25, 0.3) is 0 Å². The van der Waals surface area contributed by atoms with Gasteiger partial charge in [0.15, 0.2) is 5.13 Å². The zero-order valence-corrected chi connectivity index (χ0v) is 15.1. The molecule has 6 heteroatoms. The van der Waals surface area contributed by atoms with Gasteiger partial charge in [0.1, 0.15) is 12.2 Å². The summed E-state index contributed by atoms with van der Waals surface area (Å²) in [7, 11) is 0.